The molecule has 0 radical (unpaired) electrons. The number of pyridine rings is 1. The molecule has 2 aliphatic heterocycles. The predicted octanol–water partition coefficient (Wildman–Crippen LogP) is 5.41. The number of halogens is 3. The Kier molecular flexibility index (Phi) is 5.07. The van der Waals surface area contributed by atoms with Gasteiger partial charge in [0.05, 0.1) is 22.3 Å². The van der Waals surface area contributed by atoms with Crippen LogP contribution in [0.5, 0.6) is 5.75 Å². The van der Waals surface area contributed by atoms with Crippen molar-refractivity contribution in [2.45, 2.75) is 25.0 Å². The minimum Gasteiger partial charge on any atom is -0.459 e. The van der Waals surface area contributed by atoms with Crippen LogP contribution in [0.4, 0.5) is 10.2 Å². The SMILES string of the molecule is Fc1ccc(Cl)c([C@H]2C#[N+]c3ncc(-c4cnn(C5CCNCC5)c4)cc3O2)c1Cl. The summed E-state index contributed by atoms with van der Waals surface area (Å²) in [5.74, 6) is 0.260. The topological polar surface area (TPSA) is 56.3 Å². The molecular formula is C21H17Cl2FN5O+. The van der Waals surface area contributed by atoms with Gasteiger partial charge in [-0.15, -0.1) is 4.85 Å². The van der Waals surface area contributed by atoms with E-state index in [0.29, 0.717) is 17.6 Å². The molecule has 4 heterocycles. The number of ether oxygens (including phenoxy) is 1. The maximum absolute atomic E-state index is 13.9. The van der Waals surface area contributed by atoms with Gasteiger partial charge < -0.3 is 10.1 Å². The fourth-order valence-corrected chi connectivity index (χ4v) is 4.27. The Hall–Kier alpha value is -2.66. The van der Waals surface area contributed by atoms with E-state index >= 15 is 0 Å². The summed E-state index contributed by atoms with van der Waals surface area (Å²) in [5.41, 5.74) is 2.07. The molecule has 2 aromatic heterocycles. The molecule has 0 saturated carbocycles. The fourth-order valence-electron chi connectivity index (χ4n) is 3.70. The van der Waals surface area contributed by atoms with E-state index in [1.807, 2.05) is 23.1 Å². The first-order valence-electron chi connectivity index (χ1n) is 9.62. The zero-order chi connectivity index (χ0) is 20.7. The Morgan fingerprint density at radius 2 is 2.03 bits per heavy atom. The molecule has 2 aliphatic rings. The number of piperidine rings is 1. The molecule has 1 saturated heterocycles. The van der Waals surface area contributed by atoms with Crippen LogP contribution in [0.15, 0.2) is 36.8 Å². The second-order valence-corrected chi connectivity index (χ2v) is 8.02. The van der Waals surface area contributed by atoms with Crippen LogP contribution < -0.4 is 10.1 Å². The van der Waals surface area contributed by atoms with Gasteiger partial charge in [0.1, 0.15) is 12.0 Å². The van der Waals surface area contributed by atoms with E-state index in [1.54, 1.807) is 6.20 Å². The Labute approximate surface area is 182 Å². The summed E-state index contributed by atoms with van der Waals surface area (Å²) < 4.78 is 21.9. The molecule has 1 atom stereocenters. The minimum atomic E-state index is -0.831. The zero-order valence-electron chi connectivity index (χ0n) is 15.8. The first kappa shape index (κ1) is 19.3. The van der Waals surface area contributed by atoms with Gasteiger partial charge in [-0.3, -0.25) is 4.68 Å². The van der Waals surface area contributed by atoms with Gasteiger partial charge in [-0.1, -0.05) is 23.2 Å². The van der Waals surface area contributed by atoms with E-state index < -0.39 is 11.9 Å². The van der Waals surface area contributed by atoms with Crippen LogP contribution in [0.2, 0.25) is 10.0 Å². The first-order valence-corrected chi connectivity index (χ1v) is 10.4. The second-order valence-electron chi connectivity index (χ2n) is 7.23. The quantitative estimate of drug-likeness (QED) is 0.548. The lowest BCUT2D eigenvalue weighted by molar-refractivity contribution is 0.262. The van der Waals surface area contributed by atoms with Crippen LogP contribution in [0.25, 0.3) is 16.0 Å². The van der Waals surface area contributed by atoms with Gasteiger partial charge in [-0.25, -0.2) is 4.39 Å². The summed E-state index contributed by atoms with van der Waals surface area (Å²) >= 11 is 12.3. The van der Waals surface area contributed by atoms with Gasteiger partial charge in [-0.05, 0) is 43.0 Å². The Balaban J connectivity index is 1.44. The molecule has 0 unspecified atom stereocenters. The average Bonchev–Trinajstić information content (AvgIpc) is 3.27. The molecule has 0 bridgehead atoms. The van der Waals surface area contributed by atoms with Crippen molar-refractivity contribution in [2.24, 2.45) is 0 Å². The number of hydrogen-bond acceptors (Lipinski definition) is 4. The summed E-state index contributed by atoms with van der Waals surface area (Å²) in [5, 5.41) is 8.07. The van der Waals surface area contributed by atoms with E-state index in [9.17, 15) is 4.39 Å². The fraction of sp³-hybridized carbons (Fsp3) is 0.286. The van der Waals surface area contributed by atoms with E-state index in [0.717, 1.165) is 37.1 Å². The molecular weight excluding hydrogens is 428 g/mol. The number of hydrogen-bond donors (Lipinski definition) is 1. The number of aromatic nitrogens is 3. The molecule has 0 spiro atoms. The van der Waals surface area contributed by atoms with Crippen molar-refractivity contribution in [3.63, 3.8) is 0 Å². The maximum Gasteiger partial charge on any atom is 0.467 e. The van der Waals surface area contributed by atoms with Crippen LogP contribution in [-0.4, -0.2) is 27.9 Å². The Bertz CT molecular complexity index is 1180. The normalized spacial score (nSPS) is 18.3. The largest absolute Gasteiger partial charge is 0.467 e. The highest BCUT2D eigenvalue weighted by molar-refractivity contribution is 6.36. The highest BCUT2D eigenvalue weighted by Crippen LogP contribution is 2.41. The maximum atomic E-state index is 13.9. The zero-order valence-corrected chi connectivity index (χ0v) is 17.3. The third kappa shape index (κ3) is 3.52. The van der Waals surface area contributed by atoms with Crippen molar-refractivity contribution in [3.8, 4) is 22.9 Å². The molecule has 6 nitrogen and oxygen atoms in total. The lowest BCUT2D eigenvalue weighted by Gasteiger charge is -2.22. The van der Waals surface area contributed by atoms with Crippen molar-refractivity contribution >= 4 is 29.0 Å². The number of benzene rings is 1. The van der Waals surface area contributed by atoms with Gasteiger partial charge in [0.25, 0.3) is 0 Å². The summed E-state index contributed by atoms with van der Waals surface area (Å²) in [6.45, 7) is 1.99. The van der Waals surface area contributed by atoms with Crippen molar-refractivity contribution < 1.29 is 9.13 Å². The smallest absolute Gasteiger partial charge is 0.459 e. The highest BCUT2D eigenvalue weighted by atomic mass is 35.5. The van der Waals surface area contributed by atoms with Gasteiger partial charge in [0.2, 0.25) is 17.9 Å². The molecule has 9 heteroatoms. The number of rotatable bonds is 3. The van der Waals surface area contributed by atoms with E-state index in [2.05, 4.69) is 26.3 Å². The highest BCUT2D eigenvalue weighted by Gasteiger charge is 2.31. The standard InChI is InChI=1S/C21H17Cl2FN5O/c22-15-1-2-16(24)20(23)19(15)18-10-27-21-17(30-18)7-12(8-26-21)13-9-28-29(11-13)14-3-5-25-6-4-14/h1-2,7-9,11,14,18,25H,3-6H2/q+1/t18-/m1/s1. The van der Waals surface area contributed by atoms with Gasteiger partial charge in [0.15, 0.2) is 0 Å². The van der Waals surface area contributed by atoms with E-state index in [1.165, 1.54) is 12.1 Å². The minimum absolute atomic E-state index is 0.106. The number of nitrogens with zero attached hydrogens (tertiary/aromatic N) is 4. The molecule has 152 valence electrons. The summed E-state index contributed by atoms with van der Waals surface area (Å²) in [6, 6.07) is 7.66. The lowest BCUT2D eigenvalue weighted by Crippen LogP contribution is -2.29. The van der Waals surface area contributed by atoms with Gasteiger partial charge in [0, 0.05) is 29.0 Å². The van der Waals surface area contributed by atoms with Crippen LogP contribution in [-0.2, 0) is 0 Å². The van der Waals surface area contributed by atoms with E-state index in [4.69, 9.17) is 27.9 Å². The number of nitrogens with one attached hydrogen (secondary N) is 1. The Morgan fingerprint density at radius 1 is 1.20 bits per heavy atom. The first-order chi connectivity index (χ1) is 14.6. The molecule has 30 heavy (non-hydrogen) atoms. The van der Waals surface area contributed by atoms with Crippen LogP contribution in [0, 0.1) is 11.9 Å². The van der Waals surface area contributed by atoms with Crippen LogP contribution in [0.1, 0.15) is 30.6 Å². The Morgan fingerprint density at radius 3 is 2.87 bits per heavy atom. The van der Waals surface area contributed by atoms with Gasteiger partial charge in [-0.2, -0.15) is 5.10 Å². The molecule has 0 amide bonds. The molecule has 3 aromatic rings. The van der Waals surface area contributed by atoms with Crippen molar-refractivity contribution in [2.75, 3.05) is 13.1 Å². The van der Waals surface area contributed by atoms with Crippen LogP contribution in [0.3, 0.4) is 0 Å². The molecule has 1 N–H and O–H groups in total. The number of fused-ring (bicyclic) bond motifs is 1. The molecule has 1 aromatic carbocycles. The molecule has 5 rings (SSSR count). The molecule has 0 aliphatic carbocycles. The van der Waals surface area contributed by atoms with Crippen molar-refractivity contribution in [1.82, 2.24) is 20.1 Å². The average molecular weight is 445 g/mol. The predicted molar refractivity (Wildman–Crippen MR) is 113 cm³/mol. The van der Waals surface area contributed by atoms with Crippen LogP contribution >= 0.6 is 23.2 Å². The van der Waals surface area contributed by atoms with E-state index in [-0.39, 0.29) is 15.6 Å². The third-order valence-electron chi connectivity index (χ3n) is 5.32. The summed E-state index contributed by atoms with van der Waals surface area (Å²) in [6.07, 6.45) is 6.83. The molecule has 1 fully saturated rings. The monoisotopic (exact) mass is 444 g/mol. The lowest BCUT2D eigenvalue weighted by atomic mass is 10.1. The third-order valence-corrected chi connectivity index (χ3v) is 6.04. The summed E-state index contributed by atoms with van der Waals surface area (Å²) in [7, 11) is 0. The van der Waals surface area contributed by atoms with Crippen molar-refractivity contribution in [3.05, 3.63) is 63.1 Å². The summed E-state index contributed by atoms with van der Waals surface area (Å²) in [4.78, 5) is 8.59. The van der Waals surface area contributed by atoms with Gasteiger partial charge >= 0.3 is 5.82 Å². The van der Waals surface area contributed by atoms with Crippen molar-refractivity contribution in [1.29, 1.82) is 0 Å². The second kappa shape index (κ2) is 7.88.